The molecule has 0 aromatic heterocycles. The smallest absolute Gasteiger partial charge is 0.426 e. The molecule has 1 N–H and O–H groups in total. The van der Waals surface area contributed by atoms with Crippen molar-refractivity contribution in [3.63, 3.8) is 0 Å². The first kappa shape index (κ1) is 19.7. The minimum Gasteiger partial charge on any atom is -0.464 e. The SMILES string of the molecule is CC[C@@H](c1cccc(N(C(=O)O)N2CCOCC2)c1)[C@@H](C)CN(C)C. The van der Waals surface area contributed by atoms with Gasteiger partial charge >= 0.3 is 6.09 Å². The lowest BCUT2D eigenvalue weighted by Gasteiger charge is -2.35. The standard InChI is InChI=1S/C19H31N3O3/c1-5-18(15(2)14-20(3)4)16-7-6-8-17(13-16)22(19(23)24)21-9-11-25-12-10-21/h6-8,13,15,18H,5,9-12,14H2,1-4H3,(H,23,24)/t15-,18+/m0/s1. The average Bonchev–Trinajstić information content (AvgIpc) is 2.56. The number of benzene rings is 1. The Hall–Kier alpha value is -1.63. The average molecular weight is 349 g/mol. The van der Waals surface area contributed by atoms with Crippen LogP contribution in [-0.2, 0) is 4.74 Å². The normalized spacial score (nSPS) is 18.1. The van der Waals surface area contributed by atoms with Crippen molar-refractivity contribution >= 4 is 11.8 Å². The van der Waals surface area contributed by atoms with Gasteiger partial charge < -0.3 is 14.7 Å². The molecule has 0 radical (unpaired) electrons. The Balaban J connectivity index is 2.26. The highest BCUT2D eigenvalue weighted by atomic mass is 16.5. The Labute approximate surface area is 150 Å². The molecule has 1 amide bonds. The largest absolute Gasteiger partial charge is 0.464 e. The molecule has 1 heterocycles. The van der Waals surface area contributed by atoms with E-state index in [1.165, 1.54) is 10.6 Å². The van der Waals surface area contributed by atoms with E-state index in [-0.39, 0.29) is 0 Å². The van der Waals surface area contributed by atoms with Gasteiger partial charge in [-0.15, -0.1) is 0 Å². The number of amides is 1. The minimum absolute atomic E-state index is 0.405. The molecule has 0 saturated carbocycles. The van der Waals surface area contributed by atoms with Crippen LogP contribution in [0.5, 0.6) is 0 Å². The molecule has 6 nitrogen and oxygen atoms in total. The molecule has 1 aromatic carbocycles. The molecule has 2 rings (SSSR count). The summed E-state index contributed by atoms with van der Waals surface area (Å²) in [6.45, 7) is 7.75. The third kappa shape index (κ3) is 5.17. The number of carbonyl (C=O) groups is 1. The maximum atomic E-state index is 11.9. The van der Waals surface area contributed by atoms with Gasteiger partial charge in [0.25, 0.3) is 0 Å². The zero-order valence-electron chi connectivity index (χ0n) is 15.8. The van der Waals surface area contributed by atoms with Crippen molar-refractivity contribution in [2.24, 2.45) is 5.92 Å². The quantitative estimate of drug-likeness (QED) is 0.820. The fourth-order valence-corrected chi connectivity index (χ4v) is 3.71. The van der Waals surface area contributed by atoms with Gasteiger partial charge in [0, 0.05) is 19.6 Å². The maximum absolute atomic E-state index is 11.9. The topological polar surface area (TPSA) is 56.3 Å². The van der Waals surface area contributed by atoms with E-state index < -0.39 is 6.09 Å². The van der Waals surface area contributed by atoms with E-state index in [0.29, 0.717) is 43.8 Å². The van der Waals surface area contributed by atoms with Gasteiger partial charge in [-0.1, -0.05) is 26.0 Å². The van der Waals surface area contributed by atoms with Gasteiger partial charge in [-0.25, -0.2) is 14.8 Å². The molecular formula is C19H31N3O3. The molecule has 1 aromatic rings. The monoisotopic (exact) mass is 349 g/mol. The van der Waals surface area contributed by atoms with Crippen LogP contribution in [0.15, 0.2) is 24.3 Å². The van der Waals surface area contributed by atoms with E-state index in [1.807, 2.05) is 23.2 Å². The van der Waals surface area contributed by atoms with E-state index in [2.05, 4.69) is 38.9 Å². The Bertz CT molecular complexity index is 559. The van der Waals surface area contributed by atoms with E-state index in [0.717, 1.165) is 13.0 Å². The third-order valence-electron chi connectivity index (χ3n) is 4.77. The first-order chi connectivity index (χ1) is 11.9. The van der Waals surface area contributed by atoms with Crippen LogP contribution in [0.3, 0.4) is 0 Å². The molecule has 6 heteroatoms. The van der Waals surface area contributed by atoms with Crippen molar-refractivity contribution in [1.29, 1.82) is 0 Å². The van der Waals surface area contributed by atoms with E-state index >= 15 is 0 Å². The lowest BCUT2D eigenvalue weighted by atomic mass is 9.84. The number of hydrogen-bond donors (Lipinski definition) is 1. The summed E-state index contributed by atoms with van der Waals surface area (Å²) >= 11 is 0. The molecule has 0 unspecified atom stereocenters. The second-order valence-corrected chi connectivity index (χ2v) is 7.01. The Morgan fingerprint density at radius 3 is 2.56 bits per heavy atom. The molecule has 140 valence electrons. The summed E-state index contributed by atoms with van der Waals surface area (Å²) in [6, 6.07) is 7.98. The number of nitrogens with zero attached hydrogens (tertiary/aromatic N) is 3. The Morgan fingerprint density at radius 2 is 2.00 bits per heavy atom. The lowest BCUT2D eigenvalue weighted by molar-refractivity contribution is 0.0324. The summed E-state index contributed by atoms with van der Waals surface area (Å²) in [4.78, 5) is 14.1. The molecule has 1 saturated heterocycles. The van der Waals surface area contributed by atoms with Crippen LogP contribution < -0.4 is 5.01 Å². The Morgan fingerprint density at radius 1 is 1.32 bits per heavy atom. The molecule has 0 bridgehead atoms. The van der Waals surface area contributed by atoms with Crippen molar-refractivity contribution in [2.75, 3.05) is 52.0 Å². The van der Waals surface area contributed by atoms with Gasteiger partial charge in [0.05, 0.1) is 18.9 Å². The predicted octanol–water partition coefficient (Wildman–Crippen LogP) is 3.11. The van der Waals surface area contributed by atoms with Crippen LogP contribution in [0, 0.1) is 5.92 Å². The third-order valence-corrected chi connectivity index (χ3v) is 4.77. The molecule has 25 heavy (non-hydrogen) atoms. The van der Waals surface area contributed by atoms with Crippen LogP contribution in [0.25, 0.3) is 0 Å². The Kier molecular flexibility index (Phi) is 7.23. The van der Waals surface area contributed by atoms with E-state index in [9.17, 15) is 9.90 Å². The number of hydrazine groups is 1. The van der Waals surface area contributed by atoms with Gasteiger partial charge in [0.1, 0.15) is 0 Å². The highest BCUT2D eigenvalue weighted by Gasteiger charge is 2.26. The molecule has 2 atom stereocenters. The number of hydrogen-bond acceptors (Lipinski definition) is 4. The summed E-state index contributed by atoms with van der Waals surface area (Å²) < 4.78 is 5.35. The molecule has 1 fully saturated rings. The van der Waals surface area contributed by atoms with Gasteiger partial charge in [0.15, 0.2) is 0 Å². The molecule has 1 aliphatic rings. The lowest BCUT2D eigenvalue weighted by Crippen LogP contribution is -2.51. The highest BCUT2D eigenvalue weighted by Crippen LogP contribution is 2.31. The maximum Gasteiger partial charge on any atom is 0.426 e. The van der Waals surface area contributed by atoms with Crippen LogP contribution in [0.2, 0.25) is 0 Å². The summed E-state index contributed by atoms with van der Waals surface area (Å²) in [5.41, 5.74) is 1.91. The second kappa shape index (κ2) is 9.17. The van der Waals surface area contributed by atoms with E-state index in [1.54, 1.807) is 0 Å². The molecule has 0 spiro atoms. The predicted molar refractivity (Wildman–Crippen MR) is 100 cm³/mol. The van der Waals surface area contributed by atoms with E-state index in [4.69, 9.17) is 4.74 Å². The molecule has 1 aliphatic heterocycles. The van der Waals surface area contributed by atoms with Crippen molar-refractivity contribution < 1.29 is 14.6 Å². The number of morpholine rings is 1. The second-order valence-electron chi connectivity index (χ2n) is 7.01. The van der Waals surface area contributed by atoms with Gasteiger partial charge in [-0.2, -0.15) is 0 Å². The zero-order chi connectivity index (χ0) is 18.4. The zero-order valence-corrected chi connectivity index (χ0v) is 15.8. The van der Waals surface area contributed by atoms with Crippen LogP contribution >= 0.6 is 0 Å². The number of ether oxygens (including phenoxy) is 1. The number of carboxylic acid groups (broad SMARTS) is 1. The van der Waals surface area contributed by atoms with Gasteiger partial charge in [-0.3, -0.25) is 0 Å². The fourth-order valence-electron chi connectivity index (χ4n) is 3.71. The van der Waals surface area contributed by atoms with Gasteiger partial charge in [-0.05, 0) is 50.0 Å². The number of rotatable bonds is 7. The van der Waals surface area contributed by atoms with Crippen LogP contribution in [-0.4, -0.2) is 68.1 Å². The summed E-state index contributed by atoms with van der Waals surface area (Å²) in [6.07, 6.45) is 0.0803. The van der Waals surface area contributed by atoms with Crippen molar-refractivity contribution in [3.05, 3.63) is 29.8 Å². The van der Waals surface area contributed by atoms with Crippen molar-refractivity contribution in [2.45, 2.75) is 26.2 Å². The summed E-state index contributed by atoms with van der Waals surface area (Å²) in [5.74, 6) is 0.902. The van der Waals surface area contributed by atoms with Crippen molar-refractivity contribution in [3.8, 4) is 0 Å². The van der Waals surface area contributed by atoms with Crippen LogP contribution in [0.4, 0.5) is 10.5 Å². The van der Waals surface area contributed by atoms with Crippen LogP contribution in [0.1, 0.15) is 31.7 Å². The van der Waals surface area contributed by atoms with Crippen molar-refractivity contribution in [1.82, 2.24) is 9.91 Å². The highest BCUT2D eigenvalue weighted by molar-refractivity contribution is 5.85. The minimum atomic E-state index is -0.951. The summed E-state index contributed by atoms with van der Waals surface area (Å²) in [7, 11) is 4.18. The molecule has 0 aliphatic carbocycles. The first-order valence-electron chi connectivity index (χ1n) is 9.04. The summed E-state index contributed by atoms with van der Waals surface area (Å²) in [5, 5.41) is 12.9. The van der Waals surface area contributed by atoms with Gasteiger partial charge in [0.2, 0.25) is 0 Å². The molecular weight excluding hydrogens is 318 g/mol. The first-order valence-corrected chi connectivity index (χ1v) is 9.04. The number of anilines is 1. The fraction of sp³-hybridized carbons (Fsp3) is 0.632.